The summed E-state index contributed by atoms with van der Waals surface area (Å²) >= 11 is 0. The minimum absolute atomic E-state index is 0.240. The molecule has 2 amide bonds. The van der Waals surface area contributed by atoms with E-state index in [0.29, 0.717) is 6.54 Å². The Bertz CT molecular complexity index is 828. The second kappa shape index (κ2) is 9.00. The number of benzene rings is 1. The molecule has 2 fully saturated rings. The van der Waals surface area contributed by atoms with E-state index in [2.05, 4.69) is 25.3 Å². The molecule has 152 valence electrons. The number of amides is 2. The van der Waals surface area contributed by atoms with Crippen LogP contribution in [0.1, 0.15) is 23.3 Å². The summed E-state index contributed by atoms with van der Waals surface area (Å²) in [4.78, 5) is 30.9. The number of nitrogens with one attached hydrogen (secondary N) is 1. The van der Waals surface area contributed by atoms with Crippen molar-refractivity contribution in [1.82, 2.24) is 20.0 Å². The predicted molar refractivity (Wildman–Crippen MR) is 111 cm³/mol. The molecule has 0 bridgehead atoms. The van der Waals surface area contributed by atoms with Gasteiger partial charge in [-0.1, -0.05) is 18.2 Å². The molecule has 3 heterocycles. The van der Waals surface area contributed by atoms with Crippen molar-refractivity contribution in [3.8, 4) is 0 Å². The lowest BCUT2D eigenvalue weighted by Gasteiger charge is -2.35. The van der Waals surface area contributed by atoms with Gasteiger partial charge in [-0.15, -0.1) is 10.2 Å². The van der Waals surface area contributed by atoms with Gasteiger partial charge in [-0.25, -0.2) is 0 Å². The number of aromatic nitrogens is 2. The molecule has 0 aliphatic carbocycles. The molecule has 4 rings (SSSR count). The fourth-order valence-corrected chi connectivity index (χ4v) is 3.72. The molecule has 1 aromatic heterocycles. The first-order valence-corrected chi connectivity index (χ1v) is 10.1. The SMILES string of the molecule is O=C(Nc1ccccc1)c1ccc(N2CCN(CC(=O)N3CCCC3)CC2)nn1. The quantitative estimate of drug-likeness (QED) is 0.827. The van der Waals surface area contributed by atoms with Gasteiger partial charge in [0.25, 0.3) is 5.91 Å². The van der Waals surface area contributed by atoms with Crippen LogP contribution >= 0.6 is 0 Å². The van der Waals surface area contributed by atoms with Crippen molar-refractivity contribution >= 4 is 23.3 Å². The molecule has 2 aromatic rings. The van der Waals surface area contributed by atoms with Crippen LogP contribution < -0.4 is 10.2 Å². The number of rotatable bonds is 5. The molecule has 2 saturated heterocycles. The van der Waals surface area contributed by atoms with E-state index in [0.717, 1.165) is 63.6 Å². The first-order valence-electron chi connectivity index (χ1n) is 10.1. The van der Waals surface area contributed by atoms with Gasteiger partial charge < -0.3 is 15.1 Å². The van der Waals surface area contributed by atoms with E-state index in [9.17, 15) is 9.59 Å². The fourth-order valence-electron chi connectivity index (χ4n) is 3.72. The highest BCUT2D eigenvalue weighted by Gasteiger charge is 2.24. The molecule has 1 aromatic carbocycles. The number of carbonyl (C=O) groups excluding carboxylic acids is 2. The van der Waals surface area contributed by atoms with Crippen molar-refractivity contribution in [2.24, 2.45) is 0 Å². The highest BCUT2D eigenvalue weighted by atomic mass is 16.2. The van der Waals surface area contributed by atoms with Crippen LogP contribution in [0.15, 0.2) is 42.5 Å². The molecule has 0 spiro atoms. The zero-order valence-corrected chi connectivity index (χ0v) is 16.5. The molecular formula is C21H26N6O2. The lowest BCUT2D eigenvalue weighted by Crippen LogP contribution is -2.50. The van der Waals surface area contributed by atoms with Crippen molar-refractivity contribution < 1.29 is 9.59 Å². The summed E-state index contributed by atoms with van der Waals surface area (Å²) in [7, 11) is 0. The van der Waals surface area contributed by atoms with Gasteiger partial charge in [0.2, 0.25) is 5.91 Å². The van der Waals surface area contributed by atoms with Gasteiger partial charge in [-0.3, -0.25) is 14.5 Å². The Morgan fingerprint density at radius 3 is 2.24 bits per heavy atom. The van der Waals surface area contributed by atoms with Crippen LogP contribution in [0.3, 0.4) is 0 Å². The van der Waals surface area contributed by atoms with Crippen LogP contribution in [0.25, 0.3) is 0 Å². The third-order valence-electron chi connectivity index (χ3n) is 5.43. The monoisotopic (exact) mass is 394 g/mol. The predicted octanol–water partition coefficient (Wildman–Crippen LogP) is 1.47. The molecule has 0 atom stereocenters. The molecule has 8 nitrogen and oxygen atoms in total. The summed E-state index contributed by atoms with van der Waals surface area (Å²) in [5.74, 6) is 0.719. The van der Waals surface area contributed by atoms with Gasteiger partial charge in [-0.05, 0) is 37.1 Å². The number of hydrogen-bond donors (Lipinski definition) is 1. The first-order chi connectivity index (χ1) is 14.2. The Kier molecular flexibility index (Phi) is 6.00. The largest absolute Gasteiger partial charge is 0.353 e. The molecule has 0 unspecified atom stereocenters. The zero-order valence-electron chi connectivity index (χ0n) is 16.5. The molecule has 0 radical (unpaired) electrons. The van der Waals surface area contributed by atoms with Crippen molar-refractivity contribution in [2.45, 2.75) is 12.8 Å². The standard InChI is InChI=1S/C21H26N6O2/c28-20(27-10-4-5-11-27)16-25-12-14-26(15-13-25)19-9-8-18(23-24-19)21(29)22-17-6-2-1-3-7-17/h1-3,6-9H,4-5,10-16H2,(H,22,29). The molecule has 0 saturated carbocycles. The van der Waals surface area contributed by atoms with E-state index in [1.165, 1.54) is 0 Å². The minimum atomic E-state index is -0.277. The highest BCUT2D eigenvalue weighted by molar-refractivity contribution is 6.02. The van der Waals surface area contributed by atoms with Crippen LogP contribution in [0.4, 0.5) is 11.5 Å². The van der Waals surface area contributed by atoms with Crippen LogP contribution in [0, 0.1) is 0 Å². The third-order valence-corrected chi connectivity index (χ3v) is 5.43. The minimum Gasteiger partial charge on any atom is -0.353 e. The van der Waals surface area contributed by atoms with E-state index < -0.39 is 0 Å². The Hall–Kier alpha value is -3.00. The normalized spacial score (nSPS) is 17.4. The van der Waals surface area contributed by atoms with Gasteiger partial charge in [0.05, 0.1) is 6.54 Å². The average Bonchev–Trinajstić information content (AvgIpc) is 3.30. The molecule has 29 heavy (non-hydrogen) atoms. The number of likely N-dealkylation sites (tertiary alicyclic amines) is 1. The number of nitrogens with zero attached hydrogens (tertiary/aromatic N) is 5. The van der Waals surface area contributed by atoms with Crippen LogP contribution in [0.5, 0.6) is 0 Å². The van der Waals surface area contributed by atoms with Crippen LogP contribution in [0.2, 0.25) is 0 Å². The molecular weight excluding hydrogens is 368 g/mol. The van der Waals surface area contributed by atoms with Crippen molar-refractivity contribution in [1.29, 1.82) is 0 Å². The maximum absolute atomic E-state index is 12.3. The maximum Gasteiger partial charge on any atom is 0.276 e. The smallest absolute Gasteiger partial charge is 0.276 e. The molecule has 2 aliphatic rings. The maximum atomic E-state index is 12.3. The number of carbonyl (C=O) groups is 2. The first kappa shape index (κ1) is 19.3. The second-order valence-corrected chi connectivity index (χ2v) is 7.45. The van der Waals surface area contributed by atoms with Gasteiger partial charge >= 0.3 is 0 Å². The lowest BCUT2D eigenvalue weighted by atomic mass is 10.2. The van der Waals surface area contributed by atoms with Gasteiger partial charge in [0.1, 0.15) is 0 Å². The van der Waals surface area contributed by atoms with Gasteiger partial charge in [0.15, 0.2) is 11.5 Å². The number of para-hydroxylation sites is 1. The second-order valence-electron chi connectivity index (χ2n) is 7.45. The van der Waals surface area contributed by atoms with E-state index in [4.69, 9.17) is 0 Å². The van der Waals surface area contributed by atoms with E-state index in [1.807, 2.05) is 41.3 Å². The Labute approximate surface area is 170 Å². The van der Waals surface area contributed by atoms with Crippen LogP contribution in [-0.4, -0.2) is 77.6 Å². The lowest BCUT2D eigenvalue weighted by molar-refractivity contribution is -0.131. The summed E-state index contributed by atoms with van der Waals surface area (Å²) in [6.07, 6.45) is 2.25. The Morgan fingerprint density at radius 1 is 0.862 bits per heavy atom. The summed E-state index contributed by atoms with van der Waals surface area (Å²) in [6.45, 7) is 5.51. The van der Waals surface area contributed by atoms with Crippen molar-refractivity contribution in [3.63, 3.8) is 0 Å². The molecule has 1 N–H and O–H groups in total. The highest BCUT2D eigenvalue weighted by Crippen LogP contribution is 2.15. The summed E-state index contributed by atoms with van der Waals surface area (Å²) < 4.78 is 0. The van der Waals surface area contributed by atoms with E-state index in [1.54, 1.807) is 6.07 Å². The van der Waals surface area contributed by atoms with Crippen LogP contribution in [-0.2, 0) is 4.79 Å². The topological polar surface area (TPSA) is 81.7 Å². The summed E-state index contributed by atoms with van der Waals surface area (Å²) in [5.41, 5.74) is 1.01. The third kappa shape index (κ3) is 4.89. The van der Waals surface area contributed by atoms with E-state index >= 15 is 0 Å². The zero-order chi connectivity index (χ0) is 20.1. The summed E-state index contributed by atoms with van der Waals surface area (Å²) in [6, 6.07) is 12.8. The number of anilines is 2. The van der Waals surface area contributed by atoms with E-state index in [-0.39, 0.29) is 17.5 Å². The van der Waals surface area contributed by atoms with Crippen molar-refractivity contribution in [2.75, 3.05) is 56.0 Å². The van der Waals surface area contributed by atoms with Crippen molar-refractivity contribution in [3.05, 3.63) is 48.2 Å². The van der Waals surface area contributed by atoms with Gasteiger partial charge in [0, 0.05) is 45.0 Å². The van der Waals surface area contributed by atoms with Gasteiger partial charge in [-0.2, -0.15) is 0 Å². The number of hydrogen-bond acceptors (Lipinski definition) is 6. The average molecular weight is 394 g/mol. The Morgan fingerprint density at radius 2 is 1.59 bits per heavy atom. The number of piperazine rings is 1. The molecule has 2 aliphatic heterocycles. The molecule has 8 heteroatoms. The Balaban J connectivity index is 1.27. The summed E-state index contributed by atoms with van der Waals surface area (Å²) in [5, 5.41) is 11.1. The fraction of sp³-hybridized carbons (Fsp3) is 0.429.